The number of hydrogen-bond donors (Lipinski definition) is 1. The van der Waals surface area contributed by atoms with E-state index in [1.165, 1.54) is 19.3 Å². The molecule has 0 radical (unpaired) electrons. The fourth-order valence-electron chi connectivity index (χ4n) is 3.21. The summed E-state index contributed by atoms with van der Waals surface area (Å²) in [7, 11) is 0. The molecule has 1 heterocycles. The molecule has 0 aromatic rings. The van der Waals surface area contributed by atoms with E-state index in [0.717, 1.165) is 44.6 Å². The Morgan fingerprint density at radius 2 is 2.06 bits per heavy atom. The van der Waals surface area contributed by atoms with Crippen LogP contribution in [0.3, 0.4) is 0 Å². The molecule has 1 saturated carbocycles. The van der Waals surface area contributed by atoms with E-state index in [0.29, 0.717) is 0 Å². The monoisotopic (exact) mass is 240 g/mol. The van der Waals surface area contributed by atoms with Crippen molar-refractivity contribution in [3.8, 4) is 0 Å². The van der Waals surface area contributed by atoms with Crippen LogP contribution in [0.1, 0.15) is 32.6 Å². The highest BCUT2D eigenvalue weighted by atomic mass is 16.4. The second-order valence-corrected chi connectivity index (χ2v) is 5.63. The fraction of sp³-hybridized carbons (Fsp3) is 0.923. The Labute approximate surface area is 104 Å². The average molecular weight is 240 g/mol. The first-order valence-corrected chi connectivity index (χ1v) is 6.83. The van der Waals surface area contributed by atoms with Crippen LogP contribution in [0.5, 0.6) is 0 Å². The molecule has 1 saturated heterocycles. The SMILES string of the molecule is CC1CCC(N2CCCN(CC(=O)O)CC2)C1. The molecule has 4 heteroatoms. The van der Waals surface area contributed by atoms with E-state index >= 15 is 0 Å². The minimum atomic E-state index is -0.701. The van der Waals surface area contributed by atoms with Gasteiger partial charge in [-0.05, 0) is 38.1 Å². The molecule has 98 valence electrons. The van der Waals surface area contributed by atoms with Crippen LogP contribution < -0.4 is 0 Å². The topological polar surface area (TPSA) is 43.8 Å². The fourth-order valence-corrected chi connectivity index (χ4v) is 3.21. The van der Waals surface area contributed by atoms with Gasteiger partial charge in [-0.25, -0.2) is 0 Å². The normalized spacial score (nSPS) is 32.5. The number of carboxylic acids is 1. The molecular weight excluding hydrogens is 216 g/mol. The average Bonchev–Trinajstić information content (AvgIpc) is 2.56. The zero-order valence-electron chi connectivity index (χ0n) is 10.8. The summed E-state index contributed by atoms with van der Waals surface area (Å²) in [6, 6.07) is 0.759. The third kappa shape index (κ3) is 3.68. The summed E-state index contributed by atoms with van der Waals surface area (Å²) < 4.78 is 0. The van der Waals surface area contributed by atoms with Gasteiger partial charge in [-0.3, -0.25) is 14.6 Å². The van der Waals surface area contributed by atoms with Crippen LogP contribution in [-0.2, 0) is 4.79 Å². The molecule has 1 aliphatic carbocycles. The van der Waals surface area contributed by atoms with Crippen LogP contribution in [0, 0.1) is 5.92 Å². The van der Waals surface area contributed by atoms with E-state index in [4.69, 9.17) is 5.11 Å². The Balaban J connectivity index is 1.81. The second-order valence-electron chi connectivity index (χ2n) is 5.63. The van der Waals surface area contributed by atoms with Crippen LogP contribution >= 0.6 is 0 Å². The lowest BCUT2D eigenvalue weighted by Crippen LogP contribution is -2.38. The van der Waals surface area contributed by atoms with Crippen LogP contribution in [0.25, 0.3) is 0 Å². The molecule has 1 N–H and O–H groups in total. The number of rotatable bonds is 3. The molecule has 0 spiro atoms. The molecule has 2 rings (SSSR count). The molecule has 17 heavy (non-hydrogen) atoms. The Kier molecular flexibility index (Phi) is 4.40. The summed E-state index contributed by atoms with van der Waals surface area (Å²) >= 11 is 0. The van der Waals surface area contributed by atoms with E-state index < -0.39 is 5.97 Å². The minimum Gasteiger partial charge on any atom is -0.480 e. The van der Waals surface area contributed by atoms with Gasteiger partial charge in [-0.1, -0.05) is 6.92 Å². The van der Waals surface area contributed by atoms with E-state index in [9.17, 15) is 4.79 Å². The van der Waals surface area contributed by atoms with Crippen LogP contribution in [0.2, 0.25) is 0 Å². The molecule has 2 aliphatic rings. The van der Waals surface area contributed by atoms with Crippen molar-refractivity contribution < 1.29 is 9.90 Å². The number of carbonyl (C=O) groups is 1. The maximum atomic E-state index is 10.7. The number of aliphatic carboxylic acids is 1. The Bertz CT molecular complexity index is 270. The predicted molar refractivity (Wildman–Crippen MR) is 67.1 cm³/mol. The van der Waals surface area contributed by atoms with E-state index in [1.807, 2.05) is 0 Å². The van der Waals surface area contributed by atoms with Gasteiger partial charge in [0.1, 0.15) is 0 Å². The summed E-state index contributed by atoms with van der Waals surface area (Å²) in [6.07, 6.45) is 5.14. The third-order valence-corrected chi connectivity index (χ3v) is 4.17. The molecule has 2 unspecified atom stereocenters. The first-order valence-electron chi connectivity index (χ1n) is 6.83. The van der Waals surface area contributed by atoms with Crippen LogP contribution in [0.15, 0.2) is 0 Å². The lowest BCUT2D eigenvalue weighted by Gasteiger charge is -2.27. The van der Waals surface area contributed by atoms with Gasteiger partial charge in [-0.2, -0.15) is 0 Å². The first kappa shape index (κ1) is 12.8. The van der Waals surface area contributed by atoms with Crippen molar-refractivity contribution in [2.24, 2.45) is 5.92 Å². The molecular formula is C13H24N2O2. The van der Waals surface area contributed by atoms with Crippen molar-refractivity contribution >= 4 is 5.97 Å². The summed E-state index contributed by atoms with van der Waals surface area (Å²) in [4.78, 5) is 15.4. The zero-order valence-corrected chi connectivity index (χ0v) is 10.8. The summed E-state index contributed by atoms with van der Waals surface area (Å²) in [5, 5.41) is 8.81. The van der Waals surface area contributed by atoms with Crippen molar-refractivity contribution in [1.82, 2.24) is 9.80 Å². The lowest BCUT2D eigenvalue weighted by atomic mass is 10.1. The zero-order chi connectivity index (χ0) is 12.3. The van der Waals surface area contributed by atoms with Gasteiger partial charge >= 0.3 is 5.97 Å². The molecule has 2 fully saturated rings. The van der Waals surface area contributed by atoms with Crippen molar-refractivity contribution in [3.05, 3.63) is 0 Å². The van der Waals surface area contributed by atoms with Crippen LogP contribution in [-0.4, -0.2) is 59.6 Å². The Hall–Kier alpha value is -0.610. The first-order chi connectivity index (χ1) is 8.15. The highest BCUT2D eigenvalue weighted by Gasteiger charge is 2.28. The van der Waals surface area contributed by atoms with Gasteiger partial charge in [0, 0.05) is 25.7 Å². The van der Waals surface area contributed by atoms with Gasteiger partial charge in [-0.15, -0.1) is 0 Å². The van der Waals surface area contributed by atoms with Gasteiger partial charge in [0.15, 0.2) is 0 Å². The standard InChI is InChI=1S/C13H24N2O2/c1-11-3-4-12(9-11)15-6-2-5-14(7-8-15)10-13(16)17/h11-12H,2-10H2,1H3,(H,16,17). The predicted octanol–water partition coefficient (Wildman–Crippen LogP) is 1.27. The van der Waals surface area contributed by atoms with E-state index in [1.54, 1.807) is 0 Å². The maximum Gasteiger partial charge on any atom is 0.317 e. The Morgan fingerprint density at radius 3 is 2.71 bits per heavy atom. The van der Waals surface area contributed by atoms with Gasteiger partial charge in [0.2, 0.25) is 0 Å². The number of carboxylic acid groups (broad SMARTS) is 1. The largest absolute Gasteiger partial charge is 0.480 e. The lowest BCUT2D eigenvalue weighted by molar-refractivity contribution is -0.138. The molecule has 1 aliphatic heterocycles. The highest BCUT2D eigenvalue weighted by Crippen LogP contribution is 2.29. The summed E-state index contributed by atoms with van der Waals surface area (Å²) in [6.45, 7) is 6.59. The molecule has 4 nitrogen and oxygen atoms in total. The number of hydrogen-bond acceptors (Lipinski definition) is 3. The summed E-state index contributed by atoms with van der Waals surface area (Å²) in [5.41, 5.74) is 0. The van der Waals surface area contributed by atoms with E-state index in [-0.39, 0.29) is 6.54 Å². The number of nitrogens with zero attached hydrogens (tertiary/aromatic N) is 2. The molecule has 0 bridgehead atoms. The molecule has 0 aromatic heterocycles. The van der Waals surface area contributed by atoms with Crippen molar-refractivity contribution in [2.75, 3.05) is 32.7 Å². The molecule has 0 amide bonds. The van der Waals surface area contributed by atoms with Gasteiger partial charge in [0.25, 0.3) is 0 Å². The molecule has 0 aromatic carbocycles. The van der Waals surface area contributed by atoms with Crippen molar-refractivity contribution in [2.45, 2.75) is 38.6 Å². The van der Waals surface area contributed by atoms with Gasteiger partial charge < -0.3 is 5.11 Å². The van der Waals surface area contributed by atoms with Crippen LogP contribution in [0.4, 0.5) is 0 Å². The Morgan fingerprint density at radius 1 is 1.24 bits per heavy atom. The quantitative estimate of drug-likeness (QED) is 0.807. The summed E-state index contributed by atoms with van der Waals surface area (Å²) in [5.74, 6) is 0.173. The van der Waals surface area contributed by atoms with Crippen molar-refractivity contribution in [3.63, 3.8) is 0 Å². The minimum absolute atomic E-state index is 0.203. The smallest absolute Gasteiger partial charge is 0.317 e. The highest BCUT2D eigenvalue weighted by molar-refractivity contribution is 5.69. The van der Waals surface area contributed by atoms with Gasteiger partial charge in [0.05, 0.1) is 6.54 Å². The second kappa shape index (κ2) is 5.83. The van der Waals surface area contributed by atoms with E-state index in [2.05, 4.69) is 16.7 Å². The third-order valence-electron chi connectivity index (χ3n) is 4.17. The maximum absolute atomic E-state index is 10.7. The van der Waals surface area contributed by atoms with Crippen molar-refractivity contribution in [1.29, 1.82) is 0 Å². The molecule has 2 atom stereocenters.